The van der Waals surface area contributed by atoms with Crippen LogP contribution in [0.15, 0.2) is 42.5 Å². The van der Waals surface area contributed by atoms with E-state index in [4.69, 9.17) is 14.2 Å². The molecule has 1 aliphatic rings. The minimum absolute atomic E-state index is 0.109. The van der Waals surface area contributed by atoms with Crippen LogP contribution >= 0.6 is 0 Å². The highest BCUT2D eigenvalue weighted by Gasteiger charge is 2.24. The first-order chi connectivity index (χ1) is 15.0. The molecule has 1 saturated heterocycles. The van der Waals surface area contributed by atoms with Gasteiger partial charge < -0.3 is 24.4 Å². The molecule has 1 fully saturated rings. The normalized spacial score (nSPS) is 14.1. The lowest BCUT2D eigenvalue weighted by Crippen LogP contribution is -2.42. The van der Waals surface area contributed by atoms with Crippen molar-refractivity contribution in [2.45, 2.75) is 19.3 Å². The molecule has 0 unspecified atom stereocenters. The van der Waals surface area contributed by atoms with Crippen LogP contribution in [-0.4, -0.2) is 57.7 Å². The zero-order valence-corrected chi connectivity index (χ0v) is 18.3. The quantitative estimate of drug-likeness (QED) is 0.702. The Hall–Kier alpha value is -3.22. The second-order valence-corrected chi connectivity index (χ2v) is 7.59. The summed E-state index contributed by atoms with van der Waals surface area (Å²) in [6, 6.07) is 12.7. The third kappa shape index (κ3) is 5.69. The van der Waals surface area contributed by atoms with E-state index in [9.17, 15) is 9.59 Å². The number of para-hydroxylation sites is 1. The fraction of sp³-hybridized carbons (Fsp3) is 0.417. The largest absolute Gasteiger partial charge is 0.496 e. The predicted octanol–water partition coefficient (Wildman–Crippen LogP) is 2.92. The molecule has 3 rings (SSSR count). The third-order valence-electron chi connectivity index (χ3n) is 5.70. The summed E-state index contributed by atoms with van der Waals surface area (Å²) in [5.74, 6) is 2.16. The van der Waals surface area contributed by atoms with Crippen molar-refractivity contribution in [1.82, 2.24) is 10.2 Å². The molecule has 7 heteroatoms. The van der Waals surface area contributed by atoms with Crippen molar-refractivity contribution in [3.05, 3.63) is 53.6 Å². The molecule has 0 atom stereocenters. The Morgan fingerprint density at radius 2 is 1.61 bits per heavy atom. The van der Waals surface area contributed by atoms with Gasteiger partial charge in [-0.25, -0.2) is 0 Å². The van der Waals surface area contributed by atoms with Gasteiger partial charge in [0.25, 0.3) is 5.91 Å². The van der Waals surface area contributed by atoms with E-state index in [0.717, 1.165) is 24.2 Å². The van der Waals surface area contributed by atoms with E-state index in [1.54, 1.807) is 39.5 Å². The highest BCUT2D eigenvalue weighted by Crippen LogP contribution is 2.27. The molecule has 1 heterocycles. The molecule has 31 heavy (non-hydrogen) atoms. The zero-order chi connectivity index (χ0) is 22.2. The molecule has 0 aromatic heterocycles. The van der Waals surface area contributed by atoms with Crippen molar-refractivity contribution in [2.75, 3.05) is 41.0 Å². The van der Waals surface area contributed by atoms with Gasteiger partial charge in [0.05, 0.1) is 27.8 Å². The fourth-order valence-corrected chi connectivity index (χ4v) is 3.83. The van der Waals surface area contributed by atoms with Crippen molar-refractivity contribution < 1.29 is 23.8 Å². The average Bonchev–Trinajstić information content (AvgIpc) is 2.82. The van der Waals surface area contributed by atoms with Crippen molar-refractivity contribution in [2.24, 2.45) is 5.92 Å². The van der Waals surface area contributed by atoms with Crippen LogP contribution in [0.1, 0.15) is 28.8 Å². The van der Waals surface area contributed by atoms with E-state index < -0.39 is 0 Å². The van der Waals surface area contributed by atoms with Gasteiger partial charge in [0.1, 0.15) is 5.75 Å². The lowest BCUT2D eigenvalue weighted by Gasteiger charge is -2.32. The third-order valence-corrected chi connectivity index (χ3v) is 5.70. The average molecular weight is 427 g/mol. The summed E-state index contributed by atoms with van der Waals surface area (Å²) in [5.41, 5.74) is 1.43. The summed E-state index contributed by atoms with van der Waals surface area (Å²) in [6.07, 6.45) is 2.07. The molecule has 2 amide bonds. The molecule has 0 bridgehead atoms. The second kappa shape index (κ2) is 10.7. The number of carbonyl (C=O) groups excluding carboxylic acids is 2. The Kier molecular flexibility index (Phi) is 7.76. The van der Waals surface area contributed by atoms with Crippen LogP contribution in [0.25, 0.3) is 0 Å². The van der Waals surface area contributed by atoms with Crippen molar-refractivity contribution in [3.63, 3.8) is 0 Å². The van der Waals surface area contributed by atoms with Gasteiger partial charge >= 0.3 is 0 Å². The van der Waals surface area contributed by atoms with E-state index in [1.165, 1.54) is 0 Å². The lowest BCUT2D eigenvalue weighted by atomic mass is 9.96. The molecule has 2 aromatic rings. The molecule has 0 radical (unpaired) electrons. The van der Waals surface area contributed by atoms with Gasteiger partial charge in [-0.1, -0.05) is 18.2 Å². The van der Waals surface area contributed by atoms with Crippen LogP contribution in [0.4, 0.5) is 0 Å². The number of piperidine rings is 1. The van der Waals surface area contributed by atoms with E-state index in [-0.39, 0.29) is 11.8 Å². The number of methoxy groups -OCH3 is 3. The number of hydrogen-bond donors (Lipinski definition) is 1. The van der Waals surface area contributed by atoms with E-state index in [0.29, 0.717) is 49.0 Å². The van der Waals surface area contributed by atoms with Crippen LogP contribution in [0.3, 0.4) is 0 Å². The zero-order valence-electron chi connectivity index (χ0n) is 18.3. The number of nitrogens with one attached hydrogen (secondary N) is 1. The topological polar surface area (TPSA) is 77.1 Å². The highest BCUT2D eigenvalue weighted by atomic mass is 16.5. The van der Waals surface area contributed by atoms with Crippen LogP contribution < -0.4 is 19.5 Å². The number of carbonyl (C=O) groups is 2. The molecule has 0 saturated carbocycles. The SMILES string of the molecule is COc1ccccc1CC(=O)N1CCC(CNC(=O)c2ccc(OC)c(OC)c2)CC1. The molecule has 0 spiro atoms. The van der Waals surface area contributed by atoms with Crippen LogP contribution in [0.5, 0.6) is 17.2 Å². The minimum Gasteiger partial charge on any atom is -0.496 e. The van der Waals surface area contributed by atoms with E-state index in [2.05, 4.69) is 5.32 Å². The number of likely N-dealkylation sites (tertiary alicyclic amines) is 1. The molecule has 2 aromatic carbocycles. The summed E-state index contributed by atoms with van der Waals surface area (Å²) in [6.45, 7) is 1.98. The smallest absolute Gasteiger partial charge is 0.251 e. The van der Waals surface area contributed by atoms with Gasteiger partial charge in [-0.05, 0) is 43.0 Å². The Morgan fingerprint density at radius 3 is 2.29 bits per heavy atom. The van der Waals surface area contributed by atoms with Crippen LogP contribution in [0, 0.1) is 5.92 Å². The molecule has 7 nitrogen and oxygen atoms in total. The van der Waals surface area contributed by atoms with Crippen molar-refractivity contribution in [1.29, 1.82) is 0 Å². The summed E-state index contributed by atoms with van der Waals surface area (Å²) in [5, 5.41) is 3.00. The summed E-state index contributed by atoms with van der Waals surface area (Å²) in [7, 11) is 4.72. The Bertz CT molecular complexity index is 907. The maximum atomic E-state index is 12.7. The summed E-state index contributed by atoms with van der Waals surface area (Å²) >= 11 is 0. The molecule has 0 aliphatic carbocycles. The first-order valence-corrected chi connectivity index (χ1v) is 10.5. The maximum absolute atomic E-state index is 12.7. The van der Waals surface area contributed by atoms with Crippen molar-refractivity contribution in [3.8, 4) is 17.2 Å². The van der Waals surface area contributed by atoms with E-state index >= 15 is 0 Å². The van der Waals surface area contributed by atoms with E-state index in [1.807, 2.05) is 29.2 Å². The number of rotatable bonds is 8. The highest BCUT2D eigenvalue weighted by molar-refractivity contribution is 5.94. The first-order valence-electron chi connectivity index (χ1n) is 10.5. The number of benzene rings is 2. The van der Waals surface area contributed by atoms with Gasteiger partial charge in [0.15, 0.2) is 11.5 Å². The molecular formula is C24H30N2O5. The maximum Gasteiger partial charge on any atom is 0.251 e. The van der Waals surface area contributed by atoms with Gasteiger partial charge in [-0.2, -0.15) is 0 Å². The first kappa shape index (κ1) is 22.5. The Labute approximate surface area is 183 Å². The number of ether oxygens (including phenoxy) is 3. The number of amides is 2. The Morgan fingerprint density at radius 1 is 0.935 bits per heavy atom. The second-order valence-electron chi connectivity index (χ2n) is 7.59. The fourth-order valence-electron chi connectivity index (χ4n) is 3.83. The standard InChI is InChI=1S/C24H30N2O5/c1-29-20-7-5-4-6-18(20)15-23(27)26-12-10-17(11-13-26)16-25-24(28)19-8-9-21(30-2)22(14-19)31-3/h4-9,14,17H,10-13,15-16H2,1-3H3,(H,25,28). The molecule has 166 valence electrons. The number of nitrogens with zero attached hydrogens (tertiary/aromatic N) is 1. The summed E-state index contributed by atoms with van der Waals surface area (Å²) < 4.78 is 15.8. The van der Waals surface area contributed by atoms with Gasteiger partial charge in [-0.15, -0.1) is 0 Å². The van der Waals surface area contributed by atoms with Crippen LogP contribution in [0.2, 0.25) is 0 Å². The summed E-state index contributed by atoms with van der Waals surface area (Å²) in [4.78, 5) is 27.1. The molecule has 1 aliphatic heterocycles. The lowest BCUT2D eigenvalue weighted by molar-refractivity contribution is -0.131. The Balaban J connectivity index is 1.47. The van der Waals surface area contributed by atoms with Gasteiger partial charge in [0, 0.05) is 30.8 Å². The monoisotopic (exact) mass is 426 g/mol. The predicted molar refractivity (Wildman–Crippen MR) is 118 cm³/mol. The van der Waals surface area contributed by atoms with Crippen molar-refractivity contribution >= 4 is 11.8 Å². The minimum atomic E-state index is -0.143. The molecular weight excluding hydrogens is 396 g/mol. The molecule has 1 N–H and O–H groups in total. The van der Waals surface area contributed by atoms with Gasteiger partial charge in [0.2, 0.25) is 5.91 Å². The number of hydrogen-bond acceptors (Lipinski definition) is 5. The van der Waals surface area contributed by atoms with Crippen LogP contribution in [-0.2, 0) is 11.2 Å². The van der Waals surface area contributed by atoms with Gasteiger partial charge in [-0.3, -0.25) is 9.59 Å².